The van der Waals surface area contributed by atoms with Crippen LogP contribution in [0.4, 0.5) is 0 Å². The molecule has 0 N–H and O–H groups in total. The van der Waals surface area contributed by atoms with E-state index in [2.05, 4.69) is 37.0 Å². The van der Waals surface area contributed by atoms with Crippen molar-refractivity contribution < 1.29 is 9.47 Å². The molecule has 1 rings (SSSR count). The Kier molecular flexibility index (Phi) is 4.24. The lowest BCUT2D eigenvalue weighted by molar-refractivity contribution is 0.336. The monoisotopic (exact) mass is 272 g/mol. The Morgan fingerprint density at radius 2 is 1.80 bits per heavy atom. The third kappa shape index (κ3) is 2.76. The Morgan fingerprint density at radius 3 is 2.13 bits per heavy atom. The fraction of sp³-hybridized carbons (Fsp3) is 0.500. The van der Waals surface area contributed by atoms with Crippen LogP contribution in [0.3, 0.4) is 0 Å². The van der Waals surface area contributed by atoms with Crippen molar-refractivity contribution in [2.45, 2.75) is 5.92 Å². The Labute approximate surface area is 95.4 Å². The zero-order chi connectivity index (χ0) is 11.3. The van der Waals surface area contributed by atoms with E-state index in [1.807, 2.05) is 0 Å². The van der Waals surface area contributed by atoms with Crippen LogP contribution in [0.15, 0.2) is 0 Å². The highest BCUT2D eigenvalue weighted by molar-refractivity contribution is 9.09. The van der Waals surface area contributed by atoms with Crippen LogP contribution in [0.5, 0.6) is 12.0 Å². The third-order valence-corrected chi connectivity index (χ3v) is 2.25. The molecule has 7 heteroatoms. The molecule has 0 aliphatic rings. The summed E-state index contributed by atoms with van der Waals surface area (Å²) >= 11 is 3.20. The van der Waals surface area contributed by atoms with Crippen LogP contribution in [0.1, 0.15) is 11.7 Å². The van der Waals surface area contributed by atoms with Gasteiger partial charge in [-0.15, -0.1) is 4.98 Å². The zero-order valence-corrected chi connectivity index (χ0v) is 9.85. The fourth-order valence-electron chi connectivity index (χ4n) is 0.852. The number of methoxy groups -OCH3 is 2. The topological polar surface area (TPSA) is 80.9 Å². The van der Waals surface area contributed by atoms with E-state index in [0.717, 1.165) is 0 Å². The Bertz CT molecular complexity index is 357. The van der Waals surface area contributed by atoms with E-state index in [0.29, 0.717) is 11.2 Å². The maximum absolute atomic E-state index is 8.84. The second kappa shape index (κ2) is 5.46. The third-order valence-electron chi connectivity index (χ3n) is 1.60. The quantitative estimate of drug-likeness (QED) is 0.758. The molecule has 0 spiro atoms. The number of hydrogen-bond donors (Lipinski definition) is 0. The normalized spacial score (nSPS) is 11.6. The summed E-state index contributed by atoms with van der Waals surface area (Å²) in [6.45, 7) is 0. The molecule has 0 aliphatic heterocycles. The Morgan fingerprint density at radius 1 is 1.27 bits per heavy atom. The first-order chi connectivity index (χ1) is 7.24. The van der Waals surface area contributed by atoms with Gasteiger partial charge in [-0.1, -0.05) is 15.9 Å². The molecule has 1 unspecified atom stereocenters. The van der Waals surface area contributed by atoms with Gasteiger partial charge in [0.15, 0.2) is 5.82 Å². The van der Waals surface area contributed by atoms with Gasteiger partial charge >= 0.3 is 12.0 Å². The van der Waals surface area contributed by atoms with Crippen LogP contribution in [-0.4, -0.2) is 34.5 Å². The largest absolute Gasteiger partial charge is 0.467 e. The predicted octanol–water partition coefficient (Wildman–Crippen LogP) is 0.891. The van der Waals surface area contributed by atoms with Crippen molar-refractivity contribution in [2.75, 3.05) is 19.5 Å². The maximum atomic E-state index is 8.84. The van der Waals surface area contributed by atoms with Crippen LogP contribution < -0.4 is 9.47 Å². The van der Waals surface area contributed by atoms with E-state index in [1.54, 1.807) is 0 Å². The van der Waals surface area contributed by atoms with Crippen molar-refractivity contribution in [1.29, 1.82) is 5.26 Å². The number of nitrogens with zero attached hydrogens (tertiary/aromatic N) is 4. The number of rotatable bonds is 4. The van der Waals surface area contributed by atoms with Crippen LogP contribution in [-0.2, 0) is 0 Å². The van der Waals surface area contributed by atoms with Crippen molar-refractivity contribution >= 4 is 15.9 Å². The van der Waals surface area contributed by atoms with Crippen molar-refractivity contribution in [2.24, 2.45) is 0 Å². The SMILES string of the molecule is COc1nc(OC)nc(C(C#N)CBr)n1. The second-order valence-electron chi connectivity index (χ2n) is 2.50. The number of nitriles is 1. The van der Waals surface area contributed by atoms with E-state index in [9.17, 15) is 0 Å². The van der Waals surface area contributed by atoms with Gasteiger partial charge in [0.1, 0.15) is 5.92 Å². The molecular weight excluding hydrogens is 264 g/mol. The summed E-state index contributed by atoms with van der Waals surface area (Å²) < 4.78 is 9.74. The summed E-state index contributed by atoms with van der Waals surface area (Å²) in [5, 5.41) is 9.29. The first kappa shape index (κ1) is 11.7. The average molecular weight is 273 g/mol. The van der Waals surface area contributed by atoms with Gasteiger partial charge in [-0.2, -0.15) is 15.2 Å². The molecule has 0 bridgehead atoms. The highest BCUT2D eigenvalue weighted by atomic mass is 79.9. The molecule has 6 nitrogen and oxygen atoms in total. The van der Waals surface area contributed by atoms with Crippen LogP contribution in [0.25, 0.3) is 0 Å². The van der Waals surface area contributed by atoms with Gasteiger partial charge in [-0.05, 0) is 0 Å². The molecule has 0 radical (unpaired) electrons. The molecule has 1 aromatic heterocycles. The number of aromatic nitrogens is 3. The van der Waals surface area contributed by atoms with Gasteiger partial charge in [0.2, 0.25) is 0 Å². The minimum Gasteiger partial charge on any atom is -0.467 e. The second-order valence-corrected chi connectivity index (χ2v) is 3.15. The average Bonchev–Trinajstić information content (AvgIpc) is 2.30. The van der Waals surface area contributed by atoms with E-state index in [4.69, 9.17) is 14.7 Å². The fourth-order valence-corrected chi connectivity index (χ4v) is 1.29. The van der Waals surface area contributed by atoms with E-state index in [-0.39, 0.29) is 12.0 Å². The summed E-state index contributed by atoms with van der Waals surface area (Å²) in [6, 6.07) is 2.33. The smallest absolute Gasteiger partial charge is 0.322 e. The van der Waals surface area contributed by atoms with E-state index >= 15 is 0 Å². The number of alkyl halides is 1. The van der Waals surface area contributed by atoms with Crippen molar-refractivity contribution in [3.8, 4) is 18.1 Å². The first-order valence-corrected chi connectivity index (χ1v) is 5.16. The predicted molar refractivity (Wildman–Crippen MR) is 55.1 cm³/mol. The Hall–Kier alpha value is -1.42. The van der Waals surface area contributed by atoms with E-state index in [1.165, 1.54) is 14.2 Å². The molecule has 0 fully saturated rings. The van der Waals surface area contributed by atoms with Gasteiger partial charge in [0, 0.05) is 5.33 Å². The highest BCUT2D eigenvalue weighted by Gasteiger charge is 2.16. The van der Waals surface area contributed by atoms with Crippen LogP contribution in [0, 0.1) is 11.3 Å². The molecule has 1 heterocycles. The minimum absolute atomic E-state index is 0.137. The van der Waals surface area contributed by atoms with Gasteiger partial charge < -0.3 is 9.47 Å². The summed E-state index contributed by atoms with van der Waals surface area (Å²) in [5.41, 5.74) is 0. The van der Waals surface area contributed by atoms with Gasteiger partial charge in [0.05, 0.1) is 20.3 Å². The highest BCUT2D eigenvalue weighted by Crippen LogP contribution is 2.17. The summed E-state index contributed by atoms with van der Waals surface area (Å²) in [6.07, 6.45) is 0. The standard InChI is InChI=1S/C8H9BrN4O2/c1-14-7-11-6(5(3-9)4-10)12-8(13-7)15-2/h5H,3H2,1-2H3. The minimum atomic E-state index is -0.448. The summed E-state index contributed by atoms with van der Waals surface area (Å²) in [7, 11) is 2.88. The lowest BCUT2D eigenvalue weighted by atomic mass is 10.2. The first-order valence-electron chi connectivity index (χ1n) is 4.04. The molecule has 1 aromatic rings. The van der Waals surface area contributed by atoms with Crippen LogP contribution in [0.2, 0.25) is 0 Å². The molecule has 1 atom stereocenters. The number of halogens is 1. The number of hydrogen-bond acceptors (Lipinski definition) is 6. The van der Waals surface area contributed by atoms with Crippen molar-refractivity contribution in [3.05, 3.63) is 5.82 Å². The molecular formula is C8H9BrN4O2. The summed E-state index contributed by atoms with van der Waals surface area (Å²) in [4.78, 5) is 11.8. The molecule has 0 amide bonds. The van der Waals surface area contributed by atoms with Crippen LogP contribution >= 0.6 is 15.9 Å². The van der Waals surface area contributed by atoms with Gasteiger partial charge in [-0.25, -0.2) is 0 Å². The van der Waals surface area contributed by atoms with Gasteiger partial charge in [-0.3, -0.25) is 0 Å². The Balaban J connectivity index is 3.12. The van der Waals surface area contributed by atoms with Crippen molar-refractivity contribution in [1.82, 2.24) is 15.0 Å². The van der Waals surface area contributed by atoms with E-state index < -0.39 is 5.92 Å². The molecule has 0 aliphatic carbocycles. The molecule has 0 aromatic carbocycles. The molecule has 0 saturated carbocycles. The molecule has 15 heavy (non-hydrogen) atoms. The molecule has 0 saturated heterocycles. The number of ether oxygens (including phenoxy) is 2. The molecule has 80 valence electrons. The zero-order valence-electron chi connectivity index (χ0n) is 8.27. The lowest BCUT2D eigenvalue weighted by Crippen LogP contribution is -2.08. The van der Waals surface area contributed by atoms with Crippen molar-refractivity contribution in [3.63, 3.8) is 0 Å². The summed E-state index contributed by atoms with van der Waals surface area (Å²) in [5.74, 6) is -0.117. The lowest BCUT2D eigenvalue weighted by Gasteiger charge is -2.06. The van der Waals surface area contributed by atoms with Gasteiger partial charge in [0.25, 0.3) is 0 Å². The maximum Gasteiger partial charge on any atom is 0.322 e.